The Morgan fingerprint density at radius 3 is 2.63 bits per heavy atom. The minimum absolute atomic E-state index is 0.0619. The molecule has 0 saturated carbocycles. The normalized spacial score (nSPS) is 15.8. The summed E-state index contributed by atoms with van der Waals surface area (Å²) in [5.74, 6) is 1.21. The van der Waals surface area contributed by atoms with E-state index in [2.05, 4.69) is 77.3 Å². The van der Waals surface area contributed by atoms with Crippen LogP contribution in [0.25, 0.3) is 21.1 Å². The second-order valence-electron chi connectivity index (χ2n) is 10.9. The average molecular weight is 531 g/mol. The predicted molar refractivity (Wildman–Crippen MR) is 160 cm³/mol. The monoisotopic (exact) mass is 530 g/mol. The molecule has 5 nitrogen and oxygen atoms in total. The van der Waals surface area contributed by atoms with Crippen molar-refractivity contribution in [3.63, 3.8) is 0 Å². The summed E-state index contributed by atoms with van der Waals surface area (Å²) >= 11 is 1.87. The summed E-state index contributed by atoms with van der Waals surface area (Å²) in [7, 11) is 0. The lowest BCUT2D eigenvalue weighted by atomic mass is 9.97. The number of nitrogens with one attached hydrogen (secondary N) is 1. The number of likely N-dealkylation sites (tertiary alicyclic amines) is 1. The quantitative estimate of drug-likeness (QED) is 0.207. The lowest BCUT2D eigenvalue weighted by Crippen LogP contribution is -2.34. The van der Waals surface area contributed by atoms with Crippen molar-refractivity contribution in [1.82, 2.24) is 19.8 Å². The van der Waals surface area contributed by atoms with E-state index in [1.54, 1.807) is 0 Å². The van der Waals surface area contributed by atoms with Crippen LogP contribution < -0.4 is 5.32 Å². The van der Waals surface area contributed by atoms with Gasteiger partial charge in [-0.1, -0.05) is 63.4 Å². The first kappa shape index (κ1) is 26.9. The van der Waals surface area contributed by atoms with Crippen LogP contribution in [0.3, 0.4) is 0 Å². The molecule has 0 aliphatic carbocycles. The van der Waals surface area contributed by atoms with Crippen molar-refractivity contribution in [2.45, 2.75) is 71.3 Å². The highest BCUT2D eigenvalue weighted by Gasteiger charge is 2.23. The van der Waals surface area contributed by atoms with Gasteiger partial charge in [0.2, 0.25) is 0 Å². The standard InChI is InChI=1S/C32H42N4OS/c1-3-5-11-24(4-2)22-33-31(37)27-23-36(29-14-8-6-12-26(27)29)19-10-18-35-20-16-25(17-21-35)32-34-28-13-7-9-15-30(28)38-32/h6-9,12-15,23-25H,3-5,10-11,16-22H2,1-2H3,(H,33,37). The predicted octanol–water partition coefficient (Wildman–Crippen LogP) is 7.47. The molecule has 2 aromatic carbocycles. The molecule has 0 spiro atoms. The van der Waals surface area contributed by atoms with Crippen LogP contribution in [0.15, 0.2) is 54.7 Å². The van der Waals surface area contributed by atoms with Gasteiger partial charge in [0.15, 0.2) is 0 Å². The Kier molecular flexibility index (Phi) is 9.13. The third-order valence-electron chi connectivity index (χ3n) is 8.25. The molecule has 1 saturated heterocycles. The zero-order valence-corrected chi connectivity index (χ0v) is 23.8. The minimum Gasteiger partial charge on any atom is -0.352 e. The third-order valence-corrected chi connectivity index (χ3v) is 9.45. The van der Waals surface area contributed by atoms with Gasteiger partial charge in [0.1, 0.15) is 0 Å². The Balaban J connectivity index is 1.14. The maximum Gasteiger partial charge on any atom is 0.253 e. The molecule has 6 heteroatoms. The molecule has 1 aliphatic rings. The number of para-hydroxylation sites is 2. The van der Waals surface area contributed by atoms with Gasteiger partial charge < -0.3 is 14.8 Å². The molecule has 0 bridgehead atoms. The van der Waals surface area contributed by atoms with Gasteiger partial charge in [0, 0.05) is 36.1 Å². The first-order chi connectivity index (χ1) is 18.7. The van der Waals surface area contributed by atoms with Crippen LogP contribution in [0.2, 0.25) is 0 Å². The zero-order valence-electron chi connectivity index (χ0n) is 23.0. The number of carbonyl (C=O) groups excluding carboxylic acids is 1. The molecule has 1 aliphatic heterocycles. The number of fused-ring (bicyclic) bond motifs is 2. The molecule has 202 valence electrons. The smallest absolute Gasteiger partial charge is 0.253 e. The molecular weight excluding hydrogens is 488 g/mol. The number of aryl methyl sites for hydroxylation is 1. The molecule has 1 amide bonds. The van der Waals surface area contributed by atoms with Gasteiger partial charge in [0.25, 0.3) is 5.91 Å². The SMILES string of the molecule is CCCCC(CC)CNC(=O)c1cn(CCCN2CCC(c3nc4ccccc4s3)CC2)c2ccccc12. The first-order valence-electron chi connectivity index (χ1n) is 14.6. The Morgan fingerprint density at radius 2 is 1.84 bits per heavy atom. The summed E-state index contributed by atoms with van der Waals surface area (Å²) in [4.78, 5) is 20.7. The van der Waals surface area contributed by atoms with E-state index in [4.69, 9.17) is 4.98 Å². The number of amides is 1. The van der Waals surface area contributed by atoms with Gasteiger partial charge in [-0.15, -0.1) is 11.3 Å². The van der Waals surface area contributed by atoms with Gasteiger partial charge in [-0.3, -0.25) is 4.79 Å². The highest BCUT2D eigenvalue weighted by atomic mass is 32.1. The van der Waals surface area contributed by atoms with Crippen molar-refractivity contribution in [3.05, 3.63) is 65.3 Å². The summed E-state index contributed by atoms with van der Waals surface area (Å²) in [5, 5.41) is 5.60. The largest absolute Gasteiger partial charge is 0.352 e. The number of carbonyl (C=O) groups is 1. The fourth-order valence-electron chi connectivity index (χ4n) is 5.82. The molecule has 1 fully saturated rings. The van der Waals surface area contributed by atoms with Crippen LogP contribution in [-0.2, 0) is 6.54 Å². The number of piperidine rings is 1. The number of benzene rings is 2. The fraction of sp³-hybridized carbons (Fsp3) is 0.500. The van der Waals surface area contributed by atoms with Crippen LogP contribution in [0.4, 0.5) is 0 Å². The Morgan fingerprint density at radius 1 is 1.05 bits per heavy atom. The van der Waals surface area contributed by atoms with Crippen molar-refractivity contribution in [2.75, 3.05) is 26.2 Å². The maximum atomic E-state index is 13.2. The lowest BCUT2D eigenvalue weighted by molar-refractivity contribution is 0.0947. The number of hydrogen-bond donors (Lipinski definition) is 1. The molecule has 1 atom stereocenters. The second-order valence-corrected chi connectivity index (χ2v) is 11.9. The van der Waals surface area contributed by atoms with Crippen molar-refractivity contribution in [2.24, 2.45) is 5.92 Å². The molecule has 5 rings (SSSR count). The number of unbranched alkanes of at least 4 members (excludes halogenated alkanes) is 1. The van der Waals surface area contributed by atoms with E-state index in [0.29, 0.717) is 11.8 Å². The van der Waals surface area contributed by atoms with Crippen LogP contribution in [-0.4, -0.2) is 46.5 Å². The molecule has 1 unspecified atom stereocenters. The van der Waals surface area contributed by atoms with E-state index < -0.39 is 0 Å². The molecule has 2 aromatic heterocycles. The van der Waals surface area contributed by atoms with E-state index in [9.17, 15) is 4.79 Å². The van der Waals surface area contributed by atoms with E-state index >= 15 is 0 Å². The van der Waals surface area contributed by atoms with Crippen LogP contribution >= 0.6 is 11.3 Å². The summed E-state index contributed by atoms with van der Waals surface area (Å²) in [6.45, 7) is 9.51. The Labute approximate surface area is 231 Å². The lowest BCUT2D eigenvalue weighted by Gasteiger charge is -2.31. The molecular formula is C32H42N4OS. The number of thiazole rings is 1. The summed E-state index contributed by atoms with van der Waals surface area (Å²) < 4.78 is 3.59. The van der Waals surface area contributed by atoms with Crippen molar-refractivity contribution < 1.29 is 4.79 Å². The first-order valence-corrected chi connectivity index (χ1v) is 15.4. The minimum atomic E-state index is 0.0619. The molecule has 4 aromatic rings. The van der Waals surface area contributed by atoms with E-state index in [0.717, 1.165) is 67.5 Å². The third kappa shape index (κ3) is 6.29. The maximum absolute atomic E-state index is 13.2. The highest BCUT2D eigenvalue weighted by Crippen LogP contribution is 2.34. The van der Waals surface area contributed by atoms with Gasteiger partial charge in [0.05, 0.1) is 20.8 Å². The van der Waals surface area contributed by atoms with E-state index in [1.165, 1.54) is 41.8 Å². The topological polar surface area (TPSA) is 50.2 Å². The van der Waals surface area contributed by atoms with Crippen LogP contribution in [0.5, 0.6) is 0 Å². The number of nitrogens with zero attached hydrogens (tertiary/aromatic N) is 3. The number of aromatic nitrogens is 2. The molecule has 3 heterocycles. The molecule has 1 N–H and O–H groups in total. The Hall–Kier alpha value is -2.70. The summed E-state index contributed by atoms with van der Waals surface area (Å²) in [6.07, 6.45) is 10.3. The van der Waals surface area contributed by atoms with Crippen LogP contribution in [0.1, 0.15) is 80.1 Å². The van der Waals surface area contributed by atoms with Crippen LogP contribution in [0, 0.1) is 5.92 Å². The van der Waals surface area contributed by atoms with Crippen molar-refractivity contribution in [1.29, 1.82) is 0 Å². The second kappa shape index (κ2) is 12.9. The van der Waals surface area contributed by atoms with Gasteiger partial charge >= 0.3 is 0 Å². The van der Waals surface area contributed by atoms with Gasteiger partial charge in [-0.2, -0.15) is 0 Å². The summed E-state index contributed by atoms with van der Waals surface area (Å²) in [6, 6.07) is 16.8. The number of hydrogen-bond acceptors (Lipinski definition) is 4. The van der Waals surface area contributed by atoms with Crippen molar-refractivity contribution >= 4 is 38.4 Å². The average Bonchev–Trinajstić information content (AvgIpc) is 3.56. The van der Waals surface area contributed by atoms with Gasteiger partial charge in [-0.05, 0) is 69.4 Å². The van der Waals surface area contributed by atoms with Crippen molar-refractivity contribution in [3.8, 4) is 0 Å². The molecule has 38 heavy (non-hydrogen) atoms. The van der Waals surface area contributed by atoms with E-state index in [1.807, 2.05) is 17.4 Å². The summed E-state index contributed by atoms with van der Waals surface area (Å²) in [5.41, 5.74) is 3.11. The Bertz CT molecular complexity index is 1300. The molecule has 0 radical (unpaired) electrons. The number of rotatable bonds is 12. The van der Waals surface area contributed by atoms with E-state index in [-0.39, 0.29) is 5.91 Å². The zero-order chi connectivity index (χ0) is 26.3. The van der Waals surface area contributed by atoms with Gasteiger partial charge in [-0.25, -0.2) is 4.98 Å². The highest BCUT2D eigenvalue weighted by molar-refractivity contribution is 7.18. The fourth-order valence-corrected chi connectivity index (χ4v) is 6.96.